The zero-order valence-corrected chi connectivity index (χ0v) is 15.5. The van der Waals surface area contributed by atoms with Crippen LogP contribution < -0.4 is 5.32 Å². The normalized spacial score (nSPS) is 35.0. The molecule has 0 spiro atoms. The Labute approximate surface area is 153 Å². The number of pyridine rings is 1. The number of ether oxygens (including phenoxy) is 1. The number of nitrogens with zero attached hydrogens (tertiary/aromatic N) is 1. The van der Waals surface area contributed by atoms with Crippen LogP contribution >= 0.6 is 0 Å². The molecule has 2 atom stereocenters. The minimum Gasteiger partial charge on any atom is -0.462 e. The lowest BCUT2D eigenvalue weighted by atomic mass is 9.49. The first-order chi connectivity index (χ1) is 12.6. The van der Waals surface area contributed by atoms with E-state index in [-0.39, 0.29) is 11.5 Å². The van der Waals surface area contributed by atoms with Crippen molar-refractivity contribution in [3.05, 3.63) is 24.0 Å². The smallest absolute Gasteiger partial charge is 0.341 e. The van der Waals surface area contributed by atoms with Crippen molar-refractivity contribution in [1.29, 1.82) is 0 Å². The van der Waals surface area contributed by atoms with Crippen molar-refractivity contribution in [3.8, 4) is 0 Å². The van der Waals surface area contributed by atoms with Crippen LogP contribution in [0.4, 0.5) is 5.69 Å². The van der Waals surface area contributed by atoms with Crippen molar-refractivity contribution in [2.75, 3.05) is 11.9 Å². The van der Waals surface area contributed by atoms with E-state index in [1.807, 2.05) is 19.2 Å². The summed E-state index contributed by atoms with van der Waals surface area (Å²) in [6, 6.07) is 2.01. The Morgan fingerprint density at radius 3 is 2.85 bits per heavy atom. The van der Waals surface area contributed by atoms with Gasteiger partial charge in [0.25, 0.3) is 0 Å². The van der Waals surface area contributed by atoms with Crippen LogP contribution in [0.5, 0.6) is 0 Å². The zero-order valence-electron chi connectivity index (χ0n) is 15.5. The summed E-state index contributed by atoms with van der Waals surface area (Å²) >= 11 is 0. The summed E-state index contributed by atoms with van der Waals surface area (Å²) in [4.78, 5) is 20.1. The van der Waals surface area contributed by atoms with Gasteiger partial charge < -0.3 is 15.0 Å². The van der Waals surface area contributed by atoms with Gasteiger partial charge in [-0.15, -0.1) is 0 Å². The molecule has 4 fully saturated rings. The number of nitrogens with one attached hydrogen (secondary N) is 2. The minimum absolute atomic E-state index is 0.121. The first-order valence-corrected chi connectivity index (χ1v) is 10.00. The highest BCUT2D eigenvalue weighted by atomic mass is 16.5. The second kappa shape index (κ2) is 5.73. The van der Waals surface area contributed by atoms with E-state index in [9.17, 15) is 4.79 Å². The van der Waals surface area contributed by atoms with Gasteiger partial charge in [0.05, 0.1) is 12.3 Å². The Morgan fingerprint density at radius 2 is 2.12 bits per heavy atom. The first kappa shape index (κ1) is 16.2. The lowest BCUT2D eigenvalue weighted by Crippen LogP contribution is -2.57. The van der Waals surface area contributed by atoms with Gasteiger partial charge in [-0.05, 0) is 68.8 Å². The van der Waals surface area contributed by atoms with Gasteiger partial charge in [-0.1, -0.05) is 6.92 Å². The quantitative estimate of drug-likeness (QED) is 0.801. The number of aromatic nitrogens is 2. The molecule has 0 aromatic carbocycles. The van der Waals surface area contributed by atoms with E-state index in [4.69, 9.17) is 4.74 Å². The number of aromatic amines is 1. The number of hydrogen-bond acceptors (Lipinski definition) is 4. The molecule has 2 aromatic heterocycles. The van der Waals surface area contributed by atoms with E-state index in [1.54, 1.807) is 6.20 Å². The average Bonchev–Trinajstić information content (AvgIpc) is 3.08. The van der Waals surface area contributed by atoms with E-state index in [0.717, 1.165) is 40.4 Å². The summed E-state index contributed by atoms with van der Waals surface area (Å²) in [5.41, 5.74) is 2.40. The summed E-state index contributed by atoms with van der Waals surface area (Å²) in [5, 5.41) is 4.87. The van der Waals surface area contributed by atoms with Crippen LogP contribution in [0.1, 0.15) is 56.3 Å². The molecule has 6 rings (SSSR count). The lowest BCUT2D eigenvalue weighted by Gasteiger charge is -2.60. The topological polar surface area (TPSA) is 67.0 Å². The molecule has 0 aliphatic heterocycles. The summed E-state index contributed by atoms with van der Waals surface area (Å²) in [5.74, 6) is 3.04. The predicted octanol–water partition coefficient (Wildman–Crippen LogP) is 4.37. The summed E-state index contributed by atoms with van der Waals surface area (Å²) in [6.45, 7) is 4.66. The third-order valence-electron chi connectivity index (χ3n) is 7.22. The molecule has 4 aliphatic carbocycles. The van der Waals surface area contributed by atoms with E-state index in [1.165, 1.54) is 32.1 Å². The molecule has 2 N–H and O–H groups in total. The molecule has 4 saturated carbocycles. The largest absolute Gasteiger partial charge is 0.462 e. The Kier molecular flexibility index (Phi) is 3.56. The van der Waals surface area contributed by atoms with Gasteiger partial charge in [0, 0.05) is 23.3 Å². The average molecular weight is 353 g/mol. The van der Waals surface area contributed by atoms with Crippen molar-refractivity contribution in [1.82, 2.24) is 9.97 Å². The van der Waals surface area contributed by atoms with Crippen molar-refractivity contribution < 1.29 is 9.53 Å². The standard InChI is InChI=1S/C21H27N3O2/c1-3-26-20(25)17-11-23-19-16(4-5-22-19)18(17)24-21-8-13-6-14(9-21)12(2)15(7-13)10-21/h4-5,11-15H,3,6-10H2,1-2H3,(H2,22,23,24). The van der Waals surface area contributed by atoms with Crippen LogP contribution in [-0.4, -0.2) is 28.1 Å². The molecule has 5 heteroatoms. The highest BCUT2D eigenvalue weighted by molar-refractivity contribution is 6.04. The molecule has 5 nitrogen and oxygen atoms in total. The Balaban J connectivity index is 1.56. The maximum Gasteiger partial charge on any atom is 0.341 e. The Bertz CT molecular complexity index is 842. The maximum atomic E-state index is 12.6. The molecular weight excluding hydrogens is 326 g/mol. The molecular formula is C21H27N3O2. The molecule has 26 heavy (non-hydrogen) atoms. The van der Waals surface area contributed by atoms with Gasteiger partial charge in [-0.25, -0.2) is 9.78 Å². The maximum absolute atomic E-state index is 12.6. The van der Waals surface area contributed by atoms with Crippen LogP contribution in [0, 0.1) is 23.7 Å². The summed E-state index contributed by atoms with van der Waals surface area (Å²) in [7, 11) is 0. The van der Waals surface area contributed by atoms with Crippen molar-refractivity contribution >= 4 is 22.7 Å². The molecule has 0 radical (unpaired) electrons. The van der Waals surface area contributed by atoms with Crippen molar-refractivity contribution in [3.63, 3.8) is 0 Å². The molecule has 0 amide bonds. The molecule has 2 unspecified atom stereocenters. The minimum atomic E-state index is -0.288. The molecule has 0 saturated heterocycles. The second-order valence-corrected chi connectivity index (χ2v) is 8.74. The SMILES string of the molecule is CCOC(=O)c1cnc2[nH]ccc2c1NC12CC3CC(C1)C(C)C(C3)C2. The molecule has 4 aliphatic rings. The highest BCUT2D eigenvalue weighted by Gasteiger charge is 2.54. The van der Waals surface area contributed by atoms with Gasteiger partial charge >= 0.3 is 5.97 Å². The second-order valence-electron chi connectivity index (χ2n) is 8.74. The first-order valence-electron chi connectivity index (χ1n) is 10.00. The number of esters is 1. The number of carbonyl (C=O) groups excluding carboxylic acids is 1. The van der Waals surface area contributed by atoms with Gasteiger partial charge in [0.2, 0.25) is 0 Å². The highest BCUT2D eigenvalue weighted by Crippen LogP contribution is 2.59. The van der Waals surface area contributed by atoms with E-state index in [2.05, 4.69) is 22.2 Å². The fourth-order valence-corrected chi connectivity index (χ4v) is 6.20. The van der Waals surface area contributed by atoms with Gasteiger partial charge in [-0.3, -0.25) is 0 Å². The van der Waals surface area contributed by atoms with Gasteiger partial charge in [0.1, 0.15) is 11.2 Å². The van der Waals surface area contributed by atoms with Crippen molar-refractivity contribution in [2.45, 2.75) is 51.5 Å². The molecule has 2 aromatic rings. The lowest BCUT2D eigenvalue weighted by molar-refractivity contribution is -0.0352. The van der Waals surface area contributed by atoms with Gasteiger partial charge in [-0.2, -0.15) is 0 Å². The number of hydrogen-bond donors (Lipinski definition) is 2. The number of rotatable bonds is 4. The molecule has 138 valence electrons. The summed E-state index contributed by atoms with van der Waals surface area (Å²) in [6.07, 6.45) is 9.99. The molecule has 2 heterocycles. The van der Waals surface area contributed by atoms with Crippen LogP contribution in [0.2, 0.25) is 0 Å². The molecule has 4 bridgehead atoms. The van der Waals surface area contributed by atoms with E-state index in [0.29, 0.717) is 12.2 Å². The van der Waals surface area contributed by atoms with E-state index < -0.39 is 0 Å². The van der Waals surface area contributed by atoms with Gasteiger partial charge in [0.15, 0.2) is 0 Å². The van der Waals surface area contributed by atoms with Crippen molar-refractivity contribution in [2.24, 2.45) is 23.7 Å². The fraction of sp³-hybridized carbons (Fsp3) is 0.619. The Hall–Kier alpha value is -2.04. The third kappa shape index (κ3) is 2.36. The summed E-state index contributed by atoms with van der Waals surface area (Å²) < 4.78 is 5.30. The van der Waals surface area contributed by atoms with E-state index >= 15 is 0 Å². The number of anilines is 1. The fourth-order valence-electron chi connectivity index (χ4n) is 6.20. The predicted molar refractivity (Wildman–Crippen MR) is 101 cm³/mol. The third-order valence-corrected chi connectivity index (χ3v) is 7.22. The number of H-pyrrole nitrogens is 1. The number of carbonyl (C=O) groups is 1. The zero-order chi connectivity index (χ0) is 17.9. The Morgan fingerprint density at radius 1 is 1.35 bits per heavy atom. The monoisotopic (exact) mass is 353 g/mol. The van der Waals surface area contributed by atoms with Crippen LogP contribution in [-0.2, 0) is 4.74 Å². The number of fused-ring (bicyclic) bond motifs is 1. The van der Waals surface area contributed by atoms with Crippen LogP contribution in [0.3, 0.4) is 0 Å². The van der Waals surface area contributed by atoms with Crippen LogP contribution in [0.15, 0.2) is 18.5 Å². The van der Waals surface area contributed by atoms with Crippen LogP contribution in [0.25, 0.3) is 11.0 Å².